The summed E-state index contributed by atoms with van der Waals surface area (Å²) in [4.78, 5) is 4.69. The summed E-state index contributed by atoms with van der Waals surface area (Å²) in [7, 11) is -5.05. The van der Waals surface area contributed by atoms with Gasteiger partial charge in [0.15, 0.2) is 0 Å². The molecule has 6 fully saturated rings. The van der Waals surface area contributed by atoms with E-state index in [0.29, 0.717) is 0 Å². The first-order chi connectivity index (χ1) is 14.7. The average Bonchev–Trinajstić information content (AvgIpc) is 2.62. The van der Waals surface area contributed by atoms with Crippen molar-refractivity contribution in [2.75, 3.05) is 90.4 Å². The van der Waals surface area contributed by atoms with Crippen LogP contribution in [-0.2, 0) is 47.2 Å². The van der Waals surface area contributed by atoms with E-state index in [0.717, 1.165) is 115 Å². The van der Waals surface area contributed by atoms with Gasteiger partial charge in [-0.2, -0.15) is 0 Å². The SMILES string of the molecule is S=S(CCC[Si]12OCCN(CCO1)CCO2)CCC[Si]12OCCN(CCO1)CCO2. The van der Waals surface area contributed by atoms with Crippen molar-refractivity contribution in [3.05, 3.63) is 0 Å². The van der Waals surface area contributed by atoms with Gasteiger partial charge in [-0.3, -0.25) is 9.80 Å². The van der Waals surface area contributed by atoms with Crippen molar-refractivity contribution in [1.29, 1.82) is 0 Å². The molecule has 0 saturated carbocycles. The van der Waals surface area contributed by atoms with Crippen LogP contribution in [0.1, 0.15) is 12.8 Å². The van der Waals surface area contributed by atoms with Gasteiger partial charge in [0.05, 0.1) is 39.6 Å². The molecule has 6 rings (SSSR count). The lowest BCUT2D eigenvalue weighted by Gasteiger charge is -2.38. The van der Waals surface area contributed by atoms with Crippen molar-refractivity contribution in [3.63, 3.8) is 0 Å². The van der Waals surface area contributed by atoms with E-state index >= 15 is 0 Å². The molecule has 6 heterocycles. The van der Waals surface area contributed by atoms with Crippen molar-refractivity contribution in [1.82, 2.24) is 9.80 Å². The van der Waals surface area contributed by atoms with Crippen LogP contribution in [0.5, 0.6) is 0 Å². The van der Waals surface area contributed by atoms with Gasteiger partial charge in [0, 0.05) is 51.4 Å². The van der Waals surface area contributed by atoms with Crippen molar-refractivity contribution in [3.8, 4) is 0 Å². The molecule has 6 aliphatic rings. The van der Waals surface area contributed by atoms with Crippen LogP contribution < -0.4 is 0 Å². The Labute approximate surface area is 189 Å². The van der Waals surface area contributed by atoms with E-state index in [2.05, 4.69) is 9.80 Å². The third-order valence-electron chi connectivity index (χ3n) is 6.09. The molecule has 0 aromatic heterocycles. The van der Waals surface area contributed by atoms with E-state index in [1.807, 2.05) is 0 Å². The summed E-state index contributed by atoms with van der Waals surface area (Å²) in [6, 6.07) is 1.77. The minimum Gasteiger partial charge on any atom is -0.372 e. The monoisotopic (exact) mass is 496 g/mol. The predicted octanol–water partition coefficient (Wildman–Crippen LogP) is 0.483. The minimum atomic E-state index is -2.51. The third-order valence-corrected chi connectivity index (χ3v) is 14.4. The topological polar surface area (TPSA) is 61.9 Å². The largest absolute Gasteiger partial charge is 0.501 e. The molecule has 12 heteroatoms. The first kappa shape index (κ1) is 23.8. The highest BCUT2D eigenvalue weighted by Crippen LogP contribution is 2.24. The fourth-order valence-electron chi connectivity index (χ4n) is 4.34. The summed E-state index contributed by atoms with van der Waals surface area (Å²) in [6.07, 6.45) is 2.04. The number of rotatable bonds is 8. The maximum Gasteiger partial charge on any atom is 0.501 e. The van der Waals surface area contributed by atoms with Crippen molar-refractivity contribution in [2.45, 2.75) is 24.9 Å². The molecule has 0 aromatic carbocycles. The second-order valence-corrected chi connectivity index (χ2v) is 16.8. The highest BCUT2D eigenvalue weighted by atomic mass is 32.8. The summed E-state index contributed by atoms with van der Waals surface area (Å²) in [5.74, 6) is 2.05. The van der Waals surface area contributed by atoms with Gasteiger partial charge in [0.25, 0.3) is 0 Å². The van der Waals surface area contributed by atoms with E-state index in [1.54, 1.807) is 0 Å². The minimum absolute atomic E-state index is 0.0409. The van der Waals surface area contributed by atoms with E-state index in [9.17, 15) is 0 Å². The lowest BCUT2D eigenvalue weighted by Crippen LogP contribution is -2.55. The maximum absolute atomic E-state index is 6.12. The standard InChI is InChI=1S/C18H36N2O6S2Si2/c27-28(15-1-17-29-21-9-3-19(4-10-22-29)5-11-23-29)16-2-18-30-24-12-6-20(7-13-25-30)8-14-26-30/h1-18H2. The molecule has 0 aliphatic carbocycles. The van der Waals surface area contributed by atoms with E-state index < -0.39 is 17.6 Å². The molecular weight excluding hydrogens is 461 g/mol. The van der Waals surface area contributed by atoms with Crippen LogP contribution in [0, 0.1) is 0 Å². The maximum atomic E-state index is 6.12. The Balaban J connectivity index is 1.17. The van der Waals surface area contributed by atoms with Crippen molar-refractivity contribution < 1.29 is 26.6 Å². The zero-order valence-electron chi connectivity index (χ0n) is 17.9. The Hall–Kier alpha value is 0.684. The first-order valence-electron chi connectivity index (χ1n) is 11.3. The Morgan fingerprint density at radius 2 is 0.867 bits per heavy atom. The summed E-state index contributed by atoms with van der Waals surface area (Å²) in [5.41, 5.74) is 0. The molecular formula is C18H36N2O6S2Si2. The van der Waals surface area contributed by atoms with Gasteiger partial charge >= 0.3 is 17.6 Å². The number of nitrogens with zero attached hydrogens (tertiary/aromatic N) is 2. The fourth-order valence-corrected chi connectivity index (χ4v) is 11.7. The summed E-state index contributed by atoms with van der Waals surface area (Å²) < 4.78 is 36.7. The highest BCUT2D eigenvalue weighted by molar-refractivity contribution is 8.28. The highest BCUT2D eigenvalue weighted by Gasteiger charge is 2.44. The van der Waals surface area contributed by atoms with Gasteiger partial charge < -0.3 is 26.6 Å². The van der Waals surface area contributed by atoms with Gasteiger partial charge in [-0.1, -0.05) is 11.2 Å². The zero-order chi connectivity index (χ0) is 20.7. The van der Waals surface area contributed by atoms with E-state index in [4.69, 9.17) is 37.7 Å². The Kier molecular flexibility index (Phi) is 9.30. The predicted molar refractivity (Wildman–Crippen MR) is 123 cm³/mol. The van der Waals surface area contributed by atoms with Crippen LogP contribution in [0.3, 0.4) is 0 Å². The van der Waals surface area contributed by atoms with Crippen molar-refractivity contribution in [2.24, 2.45) is 0 Å². The van der Waals surface area contributed by atoms with E-state index in [1.165, 1.54) is 0 Å². The van der Waals surface area contributed by atoms with Crippen LogP contribution >= 0.6 is 0 Å². The van der Waals surface area contributed by atoms with Crippen LogP contribution in [0.2, 0.25) is 12.1 Å². The normalized spacial score (nSPS) is 38.7. The lowest BCUT2D eigenvalue weighted by molar-refractivity contribution is -0.00873. The first-order valence-corrected chi connectivity index (χ1v) is 17.7. The van der Waals surface area contributed by atoms with Crippen LogP contribution in [0.25, 0.3) is 0 Å². The molecule has 0 aromatic rings. The molecule has 0 N–H and O–H groups in total. The second-order valence-electron chi connectivity index (χ2n) is 8.20. The van der Waals surface area contributed by atoms with Gasteiger partial charge in [0.2, 0.25) is 0 Å². The van der Waals surface area contributed by atoms with Gasteiger partial charge in [-0.05, 0) is 24.3 Å². The Bertz CT molecular complexity index is 480. The second kappa shape index (κ2) is 11.7. The Morgan fingerprint density at radius 3 is 1.17 bits per heavy atom. The summed E-state index contributed by atoms with van der Waals surface area (Å²) in [5, 5.41) is 0. The molecule has 0 atom stereocenters. The molecule has 0 amide bonds. The van der Waals surface area contributed by atoms with Crippen LogP contribution in [-0.4, -0.2) is 118 Å². The van der Waals surface area contributed by atoms with Crippen LogP contribution in [0.15, 0.2) is 0 Å². The summed E-state index contributed by atoms with van der Waals surface area (Å²) >= 11 is 5.79. The molecule has 174 valence electrons. The average molecular weight is 497 g/mol. The quantitative estimate of drug-likeness (QED) is 0.447. The Morgan fingerprint density at radius 1 is 0.567 bits per heavy atom. The fraction of sp³-hybridized carbons (Fsp3) is 1.00. The molecule has 0 radical (unpaired) electrons. The van der Waals surface area contributed by atoms with Gasteiger partial charge in [-0.15, -0.1) is 9.45 Å². The third kappa shape index (κ3) is 6.84. The zero-order valence-corrected chi connectivity index (χ0v) is 21.5. The number of hydrogen-bond acceptors (Lipinski definition) is 9. The molecule has 0 spiro atoms. The number of fused-ring (bicyclic) bond motifs is 12. The number of hydrogen-bond donors (Lipinski definition) is 0. The molecule has 0 unspecified atom stereocenters. The molecule has 4 bridgehead atoms. The van der Waals surface area contributed by atoms with E-state index in [-0.39, 0.29) is 9.45 Å². The van der Waals surface area contributed by atoms with Crippen molar-refractivity contribution >= 4 is 38.3 Å². The van der Waals surface area contributed by atoms with Gasteiger partial charge in [0.1, 0.15) is 0 Å². The summed E-state index contributed by atoms with van der Waals surface area (Å²) in [6.45, 7) is 10.2. The molecule has 6 saturated heterocycles. The van der Waals surface area contributed by atoms with Gasteiger partial charge in [-0.25, -0.2) is 0 Å². The lowest BCUT2D eigenvalue weighted by atomic mass is 10.4. The molecule has 8 nitrogen and oxygen atoms in total. The van der Waals surface area contributed by atoms with Crippen LogP contribution in [0.4, 0.5) is 0 Å². The smallest absolute Gasteiger partial charge is 0.372 e. The molecule has 6 aliphatic heterocycles. The molecule has 30 heavy (non-hydrogen) atoms.